The van der Waals surface area contributed by atoms with E-state index < -0.39 is 0 Å². The van der Waals surface area contributed by atoms with E-state index in [9.17, 15) is 4.79 Å². The molecule has 0 aliphatic carbocycles. The molecule has 5 heteroatoms. The first-order valence-electron chi connectivity index (χ1n) is 8.83. The zero-order valence-corrected chi connectivity index (χ0v) is 15.4. The molecule has 1 saturated heterocycles. The van der Waals surface area contributed by atoms with Crippen LogP contribution >= 0.6 is 0 Å². The van der Waals surface area contributed by atoms with Gasteiger partial charge in [0.2, 0.25) is 5.91 Å². The van der Waals surface area contributed by atoms with Crippen molar-refractivity contribution < 1.29 is 9.53 Å². The number of carbonyl (C=O) groups is 1. The number of piperazine rings is 1. The Morgan fingerprint density at radius 2 is 1.79 bits per heavy atom. The van der Waals surface area contributed by atoms with Gasteiger partial charge in [0.25, 0.3) is 0 Å². The number of hydrogen-bond acceptors (Lipinski definition) is 4. The molecule has 0 spiro atoms. The Morgan fingerprint density at radius 1 is 1.17 bits per heavy atom. The molecule has 0 aromatic heterocycles. The first-order valence-corrected chi connectivity index (χ1v) is 8.83. The van der Waals surface area contributed by atoms with Crippen LogP contribution in [0.1, 0.15) is 20.3 Å². The summed E-state index contributed by atoms with van der Waals surface area (Å²) in [4.78, 5) is 19.2. The minimum absolute atomic E-state index is 0.192. The maximum Gasteiger partial charge on any atom is 0.226 e. The van der Waals surface area contributed by atoms with E-state index in [2.05, 4.69) is 37.7 Å². The van der Waals surface area contributed by atoms with Crippen LogP contribution in [-0.2, 0) is 4.79 Å². The van der Waals surface area contributed by atoms with Crippen LogP contribution in [0, 0.1) is 0 Å². The summed E-state index contributed by atoms with van der Waals surface area (Å²) < 4.78 is 5.64. The van der Waals surface area contributed by atoms with E-state index in [1.54, 1.807) is 0 Å². The van der Waals surface area contributed by atoms with Gasteiger partial charge in [0.1, 0.15) is 5.75 Å². The predicted octanol–water partition coefficient (Wildman–Crippen LogP) is 1.94. The number of amides is 1. The van der Waals surface area contributed by atoms with Crippen LogP contribution in [0.5, 0.6) is 5.75 Å². The first kappa shape index (κ1) is 18.7. The molecule has 0 radical (unpaired) electrons. The van der Waals surface area contributed by atoms with Gasteiger partial charge in [0.15, 0.2) is 0 Å². The second kappa shape index (κ2) is 9.04. The predicted molar refractivity (Wildman–Crippen MR) is 97.3 cm³/mol. The van der Waals surface area contributed by atoms with Crippen molar-refractivity contribution in [3.63, 3.8) is 0 Å². The number of likely N-dealkylation sites (N-methyl/N-ethyl adjacent to an activating group) is 1. The Kier molecular flexibility index (Phi) is 7.06. The number of hydrogen-bond donors (Lipinski definition) is 0. The number of para-hydroxylation sites is 1. The van der Waals surface area contributed by atoms with Gasteiger partial charge < -0.3 is 14.5 Å². The Balaban J connectivity index is 1.77. The molecule has 2 atom stereocenters. The zero-order chi connectivity index (χ0) is 17.5. The number of ether oxygens (including phenoxy) is 1. The van der Waals surface area contributed by atoms with Crippen LogP contribution in [0.3, 0.4) is 0 Å². The lowest BCUT2D eigenvalue weighted by Gasteiger charge is -2.44. The summed E-state index contributed by atoms with van der Waals surface area (Å²) in [6, 6.07) is 10.5. The van der Waals surface area contributed by atoms with Crippen molar-refractivity contribution in [1.29, 1.82) is 0 Å². The molecular weight excluding hydrogens is 302 g/mol. The van der Waals surface area contributed by atoms with E-state index in [0.29, 0.717) is 25.1 Å². The highest BCUT2D eigenvalue weighted by atomic mass is 16.5. The molecule has 1 aliphatic rings. The highest BCUT2D eigenvalue weighted by molar-refractivity contribution is 5.76. The third kappa shape index (κ3) is 5.49. The lowest BCUT2D eigenvalue weighted by atomic mass is 10.1. The van der Waals surface area contributed by atoms with Crippen LogP contribution in [0.25, 0.3) is 0 Å². The summed E-state index contributed by atoms with van der Waals surface area (Å²) in [5.41, 5.74) is 0. The second-order valence-corrected chi connectivity index (χ2v) is 6.95. The molecule has 0 saturated carbocycles. The molecule has 1 aromatic rings. The molecule has 1 amide bonds. The topological polar surface area (TPSA) is 36.0 Å². The molecule has 0 bridgehead atoms. The summed E-state index contributed by atoms with van der Waals surface area (Å²) in [5.74, 6) is 1.01. The third-order valence-corrected chi connectivity index (χ3v) is 4.59. The largest absolute Gasteiger partial charge is 0.493 e. The average molecular weight is 333 g/mol. The molecule has 24 heavy (non-hydrogen) atoms. The fourth-order valence-electron chi connectivity index (χ4n) is 3.25. The van der Waals surface area contributed by atoms with E-state index >= 15 is 0 Å². The molecule has 134 valence electrons. The Bertz CT molecular complexity index is 495. The SMILES string of the molecule is CC1CN(C(=O)CCOc2ccccc2)CC(C)N1CCN(C)C. The number of rotatable bonds is 7. The van der Waals surface area contributed by atoms with Gasteiger partial charge in [-0.05, 0) is 40.1 Å². The zero-order valence-electron chi connectivity index (χ0n) is 15.4. The minimum atomic E-state index is 0.192. The number of benzene rings is 1. The highest BCUT2D eigenvalue weighted by Crippen LogP contribution is 2.16. The molecular formula is C19H31N3O2. The maximum absolute atomic E-state index is 12.5. The van der Waals surface area contributed by atoms with Gasteiger partial charge in [-0.25, -0.2) is 0 Å². The molecule has 5 nitrogen and oxygen atoms in total. The first-order chi connectivity index (χ1) is 11.5. The summed E-state index contributed by atoms with van der Waals surface area (Å²) in [5, 5.41) is 0. The lowest BCUT2D eigenvalue weighted by molar-refractivity contribution is -0.136. The van der Waals surface area contributed by atoms with Crippen LogP contribution in [0.15, 0.2) is 30.3 Å². The fourth-order valence-corrected chi connectivity index (χ4v) is 3.25. The third-order valence-electron chi connectivity index (χ3n) is 4.59. The van der Waals surface area contributed by atoms with Gasteiger partial charge in [-0.3, -0.25) is 9.69 Å². The standard InChI is InChI=1S/C19H31N3O2/c1-16-14-21(15-17(2)22(16)12-11-20(3)4)19(23)10-13-24-18-8-6-5-7-9-18/h5-9,16-17H,10-15H2,1-4H3. The normalized spacial score (nSPS) is 22.0. The van der Waals surface area contributed by atoms with Gasteiger partial charge in [0.05, 0.1) is 13.0 Å². The lowest BCUT2D eigenvalue weighted by Crippen LogP contribution is -2.59. The summed E-state index contributed by atoms with van der Waals surface area (Å²) in [6.45, 7) is 8.58. The van der Waals surface area contributed by atoms with E-state index in [4.69, 9.17) is 4.74 Å². The fraction of sp³-hybridized carbons (Fsp3) is 0.632. The Labute approximate surface area is 146 Å². The molecule has 2 rings (SSSR count). The molecule has 1 heterocycles. The summed E-state index contributed by atoms with van der Waals surface area (Å²) >= 11 is 0. The minimum Gasteiger partial charge on any atom is -0.493 e. The van der Waals surface area contributed by atoms with Crippen molar-refractivity contribution in [2.75, 3.05) is 46.9 Å². The highest BCUT2D eigenvalue weighted by Gasteiger charge is 2.31. The van der Waals surface area contributed by atoms with Crippen molar-refractivity contribution in [3.05, 3.63) is 30.3 Å². The van der Waals surface area contributed by atoms with Crippen LogP contribution in [0.2, 0.25) is 0 Å². The average Bonchev–Trinajstić information content (AvgIpc) is 2.54. The van der Waals surface area contributed by atoms with Crippen LogP contribution in [0.4, 0.5) is 0 Å². The van der Waals surface area contributed by atoms with Crippen LogP contribution < -0.4 is 4.74 Å². The maximum atomic E-state index is 12.5. The Hall–Kier alpha value is -1.59. The van der Waals surface area contributed by atoms with Crippen LogP contribution in [-0.4, -0.2) is 79.6 Å². The monoisotopic (exact) mass is 333 g/mol. The van der Waals surface area contributed by atoms with Crippen molar-refractivity contribution in [2.45, 2.75) is 32.4 Å². The smallest absolute Gasteiger partial charge is 0.226 e. The van der Waals surface area contributed by atoms with Crippen molar-refractivity contribution in [2.24, 2.45) is 0 Å². The van der Waals surface area contributed by atoms with Crippen molar-refractivity contribution >= 4 is 5.91 Å². The molecule has 2 unspecified atom stereocenters. The van der Waals surface area contributed by atoms with Gasteiger partial charge >= 0.3 is 0 Å². The Morgan fingerprint density at radius 3 is 2.38 bits per heavy atom. The quantitative estimate of drug-likeness (QED) is 0.764. The van der Waals surface area contributed by atoms with Gasteiger partial charge in [-0.1, -0.05) is 18.2 Å². The van der Waals surface area contributed by atoms with E-state index in [-0.39, 0.29) is 5.91 Å². The van der Waals surface area contributed by atoms with Crippen molar-refractivity contribution in [3.8, 4) is 5.75 Å². The number of carbonyl (C=O) groups excluding carboxylic acids is 1. The molecule has 1 aliphatic heterocycles. The van der Waals surface area contributed by atoms with E-state index in [1.807, 2.05) is 35.2 Å². The molecule has 1 aromatic carbocycles. The van der Waals surface area contributed by atoms with Gasteiger partial charge in [-0.2, -0.15) is 0 Å². The van der Waals surface area contributed by atoms with E-state index in [0.717, 1.165) is 31.9 Å². The summed E-state index contributed by atoms with van der Waals surface area (Å²) in [7, 11) is 4.20. The summed E-state index contributed by atoms with van der Waals surface area (Å²) in [6.07, 6.45) is 0.437. The van der Waals surface area contributed by atoms with E-state index in [1.165, 1.54) is 0 Å². The number of nitrogens with zero attached hydrogens (tertiary/aromatic N) is 3. The van der Waals surface area contributed by atoms with Crippen molar-refractivity contribution in [1.82, 2.24) is 14.7 Å². The molecule has 0 N–H and O–H groups in total. The molecule has 1 fully saturated rings. The van der Waals surface area contributed by atoms with Gasteiger partial charge in [0, 0.05) is 38.3 Å². The second-order valence-electron chi connectivity index (χ2n) is 6.95. The van der Waals surface area contributed by atoms with Gasteiger partial charge in [-0.15, -0.1) is 0 Å².